The lowest BCUT2D eigenvalue weighted by molar-refractivity contribution is -0.119. The Morgan fingerprint density at radius 1 is 1.30 bits per heavy atom. The van der Waals surface area contributed by atoms with Gasteiger partial charge in [-0.05, 0) is 24.4 Å². The first-order valence-corrected chi connectivity index (χ1v) is 9.77. The van der Waals surface area contributed by atoms with Gasteiger partial charge in [-0.15, -0.1) is 0 Å². The van der Waals surface area contributed by atoms with E-state index in [1.807, 2.05) is 25.1 Å². The second-order valence-corrected chi connectivity index (χ2v) is 7.12. The Labute approximate surface area is 177 Å². The summed E-state index contributed by atoms with van der Waals surface area (Å²) in [6, 6.07) is 7.41. The molecular weight excluding hydrogens is 406 g/mol. The Hall–Kier alpha value is -3.46. The lowest BCUT2D eigenvalue weighted by atomic mass is 10.1. The summed E-state index contributed by atoms with van der Waals surface area (Å²) in [5.74, 6) is 0.934. The van der Waals surface area contributed by atoms with Crippen LogP contribution in [0.2, 0.25) is 5.02 Å². The molecule has 1 amide bonds. The van der Waals surface area contributed by atoms with E-state index in [0.29, 0.717) is 28.9 Å². The highest BCUT2D eigenvalue weighted by atomic mass is 35.5. The second-order valence-electron chi connectivity index (χ2n) is 6.71. The van der Waals surface area contributed by atoms with Crippen LogP contribution in [0.4, 0.5) is 5.82 Å². The maximum absolute atomic E-state index is 11.1. The number of benzene rings is 1. The number of hydrogen-bond donors (Lipinski definition) is 3. The molecule has 1 aromatic carbocycles. The molecule has 0 aliphatic rings. The number of ether oxygens (including phenoxy) is 1. The van der Waals surface area contributed by atoms with Crippen molar-refractivity contribution in [2.45, 2.75) is 19.9 Å². The molecule has 0 aliphatic carbocycles. The van der Waals surface area contributed by atoms with Crippen LogP contribution in [-0.2, 0) is 4.79 Å². The molecule has 10 heteroatoms. The van der Waals surface area contributed by atoms with E-state index in [1.54, 1.807) is 12.4 Å². The van der Waals surface area contributed by atoms with E-state index < -0.39 is 0 Å². The van der Waals surface area contributed by atoms with Gasteiger partial charge in [-0.1, -0.05) is 23.7 Å². The van der Waals surface area contributed by atoms with Crippen LogP contribution in [0.15, 0.2) is 36.9 Å². The Morgan fingerprint density at radius 2 is 2.17 bits per heavy atom. The smallest absolute Gasteiger partial charge is 0.223 e. The molecule has 0 bridgehead atoms. The zero-order valence-corrected chi connectivity index (χ0v) is 17.2. The molecular formula is C20H20ClN7O2. The van der Waals surface area contributed by atoms with E-state index >= 15 is 0 Å². The van der Waals surface area contributed by atoms with Crippen LogP contribution < -0.4 is 15.4 Å². The number of carbonyl (C=O) groups is 1. The van der Waals surface area contributed by atoms with Crippen LogP contribution in [0.5, 0.6) is 5.88 Å². The number of nitrogens with zero attached hydrogens (tertiary/aromatic N) is 4. The van der Waals surface area contributed by atoms with E-state index in [9.17, 15) is 4.79 Å². The van der Waals surface area contributed by atoms with Crippen molar-refractivity contribution in [3.05, 3.63) is 47.6 Å². The monoisotopic (exact) mass is 425 g/mol. The third-order valence-corrected chi connectivity index (χ3v) is 4.84. The minimum Gasteiger partial charge on any atom is -0.475 e. The molecule has 4 rings (SSSR count). The summed E-state index contributed by atoms with van der Waals surface area (Å²) in [6.07, 6.45) is 3.04. The number of anilines is 1. The first kappa shape index (κ1) is 19.8. The lowest BCUT2D eigenvalue weighted by Gasteiger charge is -2.17. The predicted molar refractivity (Wildman–Crippen MR) is 115 cm³/mol. The van der Waals surface area contributed by atoms with Gasteiger partial charge in [0.25, 0.3) is 0 Å². The van der Waals surface area contributed by atoms with Gasteiger partial charge >= 0.3 is 0 Å². The Morgan fingerprint density at radius 3 is 3.00 bits per heavy atom. The van der Waals surface area contributed by atoms with E-state index in [-0.39, 0.29) is 18.6 Å². The summed E-state index contributed by atoms with van der Waals surface area (Å²) in [4.78, 5) is 31.4. The zero-order valence-electron chi connectivity index (χ0n) is 16.4. The minimum atomic E-state index is -0.188. The number of hydrogen-bond acceptors (Lipinski definition) is 7. The van der Waals surface area contributed by atoms with Crippen molar-refractivity contribution < 1.29 is 9.53 Å². The second kappa shape index (κ2) is 8.50. The molecule has 0 aliphatic heterocycles. The summed E-state index contributed by atoms with van der Waals surface area (Å²) in [5, 5.41) is 8.24. The predicted octanol–water partition coefficient (Wildman–Crippen LogP) is 3.24. The Kier molecular flexibility index (Phi) is 5.62. The third kappa shape index (κ3) is 4.11. The fourth-order valence-electron chi connectivity index (χ4n) is 3.11. The average molecular weight is 426 g/mol. The maximum Gasteiger partial charge on any atom is 0.223 e. The first-order valence-electron chi connectivity index (χ1n) is 9.40. The molecule has 0 radical (unpaired) electrons. The number of rotatable bonds is 7. The summed E-state index contributed by atoms with van der Waals surface area (Å²) >= 11 is 6.41. The van der Waals surface area contributed by atoms with Gasteiger partial charge in [0.05, 0.1) is 35.0 Å². The standard InChI is InChI=1S/C20H20ClN7O2/c1-11(27-19-17-18(24-9-23-17)25-10-26-19)15-8-13-4-3-5-14(21)16(13)20(28-15)30-7-6-22-12(2)29/h3-5,8-11H,6-7H2,1-2H3,(H,22,29)(H2,23,24,25,26,27). The quantitative estimate of drug-likeness (QED) is 0.389. The van der Waals surface area contributed by atoms with Gasteiger partial charge in [0.15, 0.2) is 11.5 Å². The van der Waals surface area contributed by atoms with E-state index in [1.165, 1.54) is 13.3 Å². The molecule has 0 saturated carbocycles. The summed E-state index contributed by atoms with van der Waals surface area (Å²) in [5.41, 5.74) is 2.06. The van der Waals surface area contributed by atoms with Crippen molar-refractivity contribution in [3.63, 3.8) is 0 Å². The maximum atomic E-state index is 11.1. The van der Waals surface area contributed by atoms with Crippen LogP contribution in [0.3, 0.4) is 0 Å². The molecule has 1 unspecified atom stereocenters. The van der Waals surface area contributed by atoms with Crippen molar-refractivity contribution in [2.75, 3.05) is 18.5 Å². The molecule has 3 aromatic heterocycles. The van der Waals surface area contributed by atoms with Gasteiger partial charge < -0.3 is 20.4 Å². The molecule has 4 aromatic rings. The van der Waals surface area contributed by atoms with E-state index in [0.717, 1.165) is 22.0 Å². The van der Waals surface area contributed by atoms with Gasteiger partial charge in [0.2, 0.25) is 11.8 Å². The molecule has 30 heavy (non-hydrogen) atoms. The van der Waals surface area contributed by atoms with Crippen LogP contribution in [0, 0.1) is 0 Å². The highest BCUT2D eigenvalue weighted by molar-refractivity contribution is 6.36. The average Bonchev–Trinajstić information content (AvgIpc) is 3.20. The van der Waals surface area contributed by atoms with Gasteiger partial charge in [-0.2, -0.15) is 0 Å². The number of H-pyrrole nitrogens is 1. The van der Waals surface area contributed by atoms with Crippen molar-refractivity contribution in [3.8, 4) is 5.88 Å². The fourth-order valence-corrected chi connectivity index (χ4v) is 3.37. The Balaban J connectivity index is 1.64. The summed E-state index contributed by atoms with van der Waals surface area (Å²) < 4.78 is 5.87. The van der Waals surface area contributed by atoms with Gasteiger partial charge in [0, 0.05) is 6.92 Å². The summed E-state index contributed by atoms with van der Waals surface area (Å²) in [7, 11) is 0. The molecule has 0 fully saturated rings. The largest absolute Gasteiger partial charge is 0.475 e. The van der Waals surface area contributed by atoms with E-state index in [4.69, 9.17) is 21.3 Å². The number of imidazole rings is 1. The first-order chi connectivity index (χ1) is 14.5. The van der Waals surface area contributed by atoms with Crippen LogP contribution in [0.25, 0.3) is 21.9 Å². The number of aromatic nitrogens is 5. The SMILES string of the molecule is CC(=O)NCCOc1nc(C(C)Nc2ncnc3nc[nH]c23)cc2cccc(Cl)c12. The number of carbonyl (C=O) groups excluding carboxylic acids is 1. The van der Waals surface area contributed by atoms with Crippen LogP contribution >= 0.6 is 11.6 Å². The highest BCUT2D eigenvalue weighted by Gasteiger charge is 2.16. The molecule has 0 saturated heterocycles. The van der Waals surface area contributed by atoms with Gasteiger partial charge in [-0.3, -0.25) is 4.79 Å². The zero-order chi connectivity index (χ0) is 21.1. The van der Waals surface area contributed by atoms with Crippen molar-refractivity contribution >= 4 is 45.3 Å². The highest BCUT2D eigenvalue weighted by Crippen LogP contribution is 2.33. The van der Waals surface area contributed by atoms with Crippen LogP contribution in [0.1, 0.15) is 25.6 Å². The number of aromatic amines is 1. The van der Waals surface area contributed by atoms with Crippen molar-refractivity contribution in [1.29, 1.82) is 0 Å². The van der Waals surface area contributed by atoms with Crippen molar-refractivity contribution in [2.24, 2.45) is 0 Å². The van der Waals surface area contributed by atoms with Gasteiger partial charge in [0.1, 0.15) is 18.5 Å². The number of fused-ring (bicyclic) bond motifs is 2. The number of nitrogens with one attached hydrogen (secondary N) is 3. The van der Waals surface area contributed by atoms with E-state index in [2.05, 4.69) is 30.6 Å². The number of pyridine rings is 1. The summed E-state index contributed by atoms with van der Waals surface area (Å²) in [6.45, 7) is 4.09. The molecule has 3 heterocycles. The minimum absolute atomic E-state index is 0.115. The molecule has 154 valence electrons. The molecule has 0 spiro atoms. The molecule has 3 N–H and O–H groups in total. The number of halogens is 1. The van der Waals surface area contributed by atoms with Gasteiger partial charge in [-0.25, -0.2) is 19.9 Å². The normalized spacial score (nSPS) is 12.1. The lowest BCUT2D eigenvalue weighted by Crippen LogP contribution is -2.25. The fraction of sp³-hybridized carbons (Fsp3) is 0.250. The molecule has 9 nitrogen and oxygen atoms in total. The Bertz CT molecular complexity index is 1210. The third-order valence-electron chi connectivity index (χ3n) is 4.53. The molecule has 1 atom stereocenters. The number of amides is 1. The van der Waals surface area contributed by atoms with Crippen LogP contribution in [-0.4, -0.2) is 44.0 Å². The van der Waals surface area contributed by atoms with Crippen molar-refractivity contribution in [1.82, 2.24) is 30.2 Å². The topological polar surface area (TPSA) is 118 Å².